The molecule has 122 valence electrons. The van der Waals surface area contributed by atoms with Crippen LogP contribution in [-0.2, 0) is 12.6 Å². The van der Waals surface area contributed by atoms with Crippen molar-refractivity contribution in [3.05, 3.63) is 65.5 Å². The lowest BCUT2D eigenvalue weighted by Gasteiger charge is -2.47. The maximum absolute atomic E-state index is 12.7. The normalized spacial score (nSPS) is 18.3. The second-order valence-corrected chi connectivity index (χ2v) is 6.56. The Balaban J connectivity index is 1.81. The molecule has 1 saturated carbocycles. The number of hydrogen-bond acceptors (Lipinski definition) is 1. The predicted molar refractivity (Wildman–Crippen MR) is 84.1 cm³/mol. The summed E-state index contributed by atoms with van der Waals surface area (Å²) in [7, 11) is 0. The Hall–Kier alpha value is -1.84. The van der Waals surface area contributed by atoms with Crippen LogP contribution in [0.1, 0.15) is 48.9 Å². The van der Waals surface area contributed by atoms with Crippen molar-refractivity contribution < 1.29 is 13.2 Å². The van der Waals surface area contributed by atoms with Gasteiger partial charge in [-0.25, -0.2) is 0 Å². The second kappa shape index (κ2) is 5.99. The number of alkyl halides is 3. The zero-order valence-electron chi connectivity index (χ0n) is 13.1. The molecule has 1 fully saturated rings. The molecule has 0 radical (unpaired) electrons. The Labute approximate surface area is 134 Å². The van der Waals surface area contributed by atoms with Crippen LogP contribution < -0.4 is 0 Å². The molecule has 1 aromatic carbocycles. The van der Waals surface area contributed by atoms with Crippen LogP contribution in [0, 0.1) is 5.41 Å². The van der Waals surface area contributed by atoms with Crippen molar-refractivity contribution in [2.45, 2.75) is 44.7 Å². The van der Waals surface area contributed by atoms with Crippen molar-refractivity contribution in [3.8, 4) is 0 Å². The Morgan fingerprint density at radius 1 is 1.09 bits per heavy atom. The Bertz CT molecular complexity index is 643. The van der Waals surface area contributed by atoms with Gasteiger partial charge in [0.05, 0.1) is 5.56 Å². The molecule has 3 rings (SSSR count). The molecular formula is C19H20F3N. The van der Waals surface area contributed by atoms with Gasteiger partial charge in [-0.3, -0.25) is 4.98 Å². The van der Waals surface area contributed by atoms with Crippen LogP contribution in [0.25, 0.3) is 0 Å². The van der Waals surface area contributed by atoms with Gasteiger partial charge in [0.15, 0.2) is 0 Å². The fraction of sp³-hybridized carbons (Fsp3) is 0.421. The van der Waals surface area contributed by atoms with Crippen LogP contribution in [0.3, 0.4) is 0 Å². The van der Waals surface area contributed by atoms with Gasteiger partial charge in [0, 0.05) is 11.9 Å². The number of rotatable bonds is 4. The highest BCUT2D eigenvalue weighted by Crippen LogP contribution is 2.53. The van der Waals surface area contributed by atoms with Gasteiger partial charge in [0.25, 0.3) is 0 Å². The first-order valence-corrected chi connectivity index (χ1v) is 7.98. The van der Waals surface area contributed by atoms with E-state index in [1.807, 2.05) is 18.2 Å². The van der Waals surface area contributed by atoms with Crippen LogP contribution in [0.15, 0.2) is 48.7 Å². The molecular weight excluding hydrogens is 299 g/mol. The highest BCUT2D eigenvalue weighted by Gasteiger charge is 2.42. The third-order valence-corrected chi connectivity index (χ3v) is 5.27. The first-order chi connectivity index (χ1) is 10.9. The molecule has 0 spiro atoms. The van der Waals surface area contributed by atoms with E-state index in [9.17, 15) is 13.2 Å². The molecule has 1 aromatic heterocycles. The number of pyridine rings is 1. The zero-order valence-corrected chi connectivity index (χ0v) is 13.1. The molecule has 2 aromatic rings. The summed E-state index contributed by atoms with van der Waals surface area (Å²) >= 11 is 0. The smallest absolute Gasteiger partial charge is 0.261 e. The summed E-state index contributed by atoms with van der Waals surface area (Å²) in [5, 5.41) is 0. The lowest BCUT2D eigenvalue weighted by Crippen LogP contribution is -2.37. The quantitative estimate of drug-likeness (QED) is 0.713. The van der Waals surface area contributed by atoms with Crippen molar-refractivity contribution in [1.82, 2.24) is 4.98 Å². The van der Waals surface area contributed by atoms with E-state index in [0.717, 1.165) is 30.5 Å². The summed E-state index contributed by atoms with van der Waals surface area (Å²) in [6, 6.07) is 11.6. The minimum absolute atomic E-state index is 0.119. The molecule has 0 aliphatic heterocycles. The molecule has 1 atom stereocenters. The number of benzene rings is 1. The first kappa shape index (κ1) is 16.0. The van der Waals surface area contributed by atoms with E-state index in [4.69, 9.17) is 0 Å². The summed E-state index contributed by atoms with van der Waals surface area (Å²) in [4.78, 5) is 4.42. The van der Waals surface area contributed by atoms with Gasteiger partial charge >= 0.3 is 6.18 Å². The van der Waals surface area contributed by atoms with Crippen LogP contribution in [0.2, 0.25) is 0 Å². The van der Waals surface area contributed by atoms with Crippen molar-refractivity contribution in [2.75, 3.05) is 0 Å². The minimum Gasteiger partial charge on any atom is -0.261 e. The molecule has 0 N–H and O–H groups in total. The molecule has 23 heavy (non-hydrogen) atoms. The van der Waals surface area contributed by atoms with Crippen LogP contribution in [-0.4, -0.2) is 4.98 Å². The number of hydrogen-bond donors (Lipinski definition) is 0. The Morgan fingerprint density at radius 3 is 2.26 bits per heavy atom. The molecule has 0 saturated heterocycles. The molecule has 1 aliphatic carbocycles. The van der Waals surface area contributed by atoms with Crippen molar-refractivity contribution in [1.29, 1.82) is 0 Å². The van der Waals surface area contributed by atoms with Gasteiger partial charge in [-0.1, -0.05) is 31.5 Å². The Morgan fingerprint density at radius 2 is 1.78 bits per heavy atom. The number of nitrogens with zero attached hydrogens (tertiary/aromatic N) is 1. The molecule has 1 nitrogen and oxygen atoms in total. The third kappa shape index (κ3) is 3.26. The number of halogens is 3. The molecule has 4 heteroatoms. The van der Waals surface area contributed by atoms with Crippen molar-refractivity contribution in [3.63, 3.8) is 0 Å². The van der Waals surface area contributed by atoms with Gasteiger partial charge < -0.3 is 0 Å². The fourth-order valence-corrected chi connectivity index (χ4v) is 3.57. The van der Waals surface area contributed by atoms with Crippen LogP contribution >= 0.6 is 0 Å². The van der Waals surface area contributed by atoms with Gasteiger partial charge in [-0.05, 0) is 60.4 Å². The predicted octanol–water partition coefficient (Wildman–Crippen LogP) is 5.62. The number of aromatic nitrogens is 1. The van der Waals surface area contributed by atoms with Gasteiger partial charge in [0.1, 0.15) is 0 Å². The maximum atomic E-state index is 12.7. The van der Waals surface area contributed by atoms with Crippen molar-refractivity contribution >= 4 is 0 Å². The van der Waals surface area contributed by atoms with Crippen LogP contribution in [0.5, 0.6) is 0 Å². The second-order valence-electron chi connectivity index (χ2n) is 6.56. The lowest BCUT2D eigenvalue weighted by atomic mass is 9.58. The molecule has 1 unspecified atom stereocenters. The average molecular weight is 319 g/mol. The summed E-state index contributed by atoms with van der Waals surface area (Å²) < 4.78 is 38.1. The summed E-state index contributed by atoms with van der Waals surface area (Å²) in [6.45, 7) is 2.13. The van der Waals surface area contributed by atoms with E-state index in [2.05, 4.69) is 11.9 Å². The van der Waals surface area contributed by atoms with Gasteiger partial charge in [-0.15, -0.1) is 0 Å². The van der Waals surface area contributed by atoms with Crippen molar-refractivity contribution in [2.24, 2.45) is 5.41 Å². The van der Waals surface area contributed by atoms with E-state index < -0.39 is 11.7 Å². The zero-order chi connectivity index (χ0) is 16.5. The highest BCUT2D eigenvalue weighted by atomic mass is 19.4. The summed E-state index contributed by atoms with van der Waals surface area (Å²) in [6.07, 6.45) is 1.79. The molecule has 1 heterocycles. The summed E-state index contributed by atoms with van der Waals surface area (Å²) in [5.41, 5.74) is 1.58. The van der Waals surface area contributed by atoms with E-state index in [1.54, 1.807) is 18.3 Å². The van der Waals surface area contributed by atoms with E-state index >= 15 is 0 Å². The highest BCUT2D eigenvalue weighted by molar-refractivity contribution is 5.29. The first-order valence-electron chi connectivity index (χ1n) is 7.98. The van der Waals surface area contributed by atoms with Gasteiger partial charge in [-0.2, -0.15) is 13.2 Å². The van der Waals surface area contributed by atoms with E-state index in [0.29, 0.717) is 0 Å². The topological polar surface area (TPSA) is 12.9 Å². The third-order valence-electron chi connectivity index (χ3n) is 5.27. The molecule has 1 aliphatic rings. The largest absolute Gasteiger partial charge is 0.416 e. The molecule has 0 bridgehead atoms. The monoisotopic (exact) mass is 319 g/mol. The van der Waals surface area contributed by atoms with Gasteiger partial charge in [0.2, 0.25) is 0 Å². The van der Waals surface area contributed by atoms with E-state index in [-0.39, 0.29) is 11.3 Å². The standard InChI is InChI=1S/C19H20F3N/c1-14(15-6-8-16(9-7-15)19(20,21)22)18(10-4-11-18)13-17-5-2-3-12-23-17/h2-3,5-9,12,14H,4,10-11,13H2,1H3. The lowest BCUT2D eigenvalue weighted by molar-refractivity contribution is -0.137. The average Bonchev–Trinajstić information content (AvgIpc) is 2.50. The maximum Gasteiger partial charge on any atom is 0.416 e. The SMILES string of the molecule is CC(c1ccc(C(F)(F)F)cc1)C1(Cc2ccccn2)CCC1. The fourth-order valence-electron chi connectivity index (χ4n) is 3.57. The van der Waals surface area contributed by atoms with E-state index in [1.165, 1.54) is 18.6 Å². The van der Waals surface area contributed by atoms with Crippen LogP contribution in [0.4, 0.5) is 13.2 Å². The summed E-state index contributed by atoms with van der Waals surface area (Å²) in [5.74, 6) is 0.223. The Kier molecular flexibility index (Phi) is 4.17. The minimum atomic E-state index is -4.27. The molecule has 0 amide bonds.